The first kappa shape index (κ1) is 13.2. The molecule has 4 N–H and O–H groups in total. The number of aliphatic hydroxyl groups is 2. The van der Waals surface area contributed by atoms with E-state index in [4.69, 9.17) is 15.2 Å². The molecule has 2 aromatic rings. The number of anilines is 1. The molecule has 1 saturated heterocycles. The van der Waals surface area contributed by atoms with Crippen LogP contribution in [0, 0.1) is 0 Å². The highest BCUT2D eigenvalue weighted by molar-refractivity contribution is 5.81. The van der Waals surface area contributed by atoms with Crippen LogP contribution in [-0.4, -0.2) is 61.9 Å². The van der Waals surface area contributed by atoms with E-state index in [9.17, 15) is 10.2 Å². The summed E-state index contributed by atoms with van der Waals surface area (Å²) in [7, 11) is 1.43. The maximum atomic E-state index is 10.3. The molecule has 108 valence electrons. The highest BCUT2D eigenvalue weighted by Crippen LogP contribution is 2.33. The zero-order valence-electron chi connectivity index (χ0n) is 10.7. The van der Waals surface area contributed by atoms with Crippen LogP contribution >= 0.6 is 0 Å². The summed E-state index contributed by atoms with van der Waals surface area (Å²) in [5.41, 5.74) is 6.64. The van der Waals surface area contributed by atoms with Gasteiger partial charge >= 0.3 is 0 Å². The molecule has 2 aromatic heterocycles. The number of fused-ring (bicyclic) bond motifs is 1. The minimum atomic E-state index is -0.953. The third-order valence-electron chi connectivity index (χ3n) is 3.44. The summed E-state index contributed by atoms with van der Waals surface area (Å²) in [5, 5.41) is 19.7. The largest absolute Gasteiger partial charge is 0.394 e. The van der Waals surface area contributed by atoms with Crippen molar-refractivity contribution in [3.63, 3.8) is 0 Å². The van der Waals surface area contributed by atoms with Crippen molar-refractivity contribution in [1.29, 1.82) is 0 Å². The minimum absolute atomic E-state index is 0.256. The first-order valence-electron chi connectivity index (χ1n) is 6.07. The molecule has 1 aliphatic rings. The highest BCUT2D eigenvalue weighted by Gasteiger charge is 2.45. The number of hydrogen-bond acceptors (Lipinski definition) is 8. The first-order chi connectivity index (χ1) is 9.67. The van der Waals surface area contributed by atoms with Gasteiger partial charge in [0.05, 0.1) is 19.0 Å². The standard InChI is InChI=1S/C11H15N5O4/c1-19-11-8(18)7(5(2-17)20-11)16-4-15-6-9(12)13-3-14-10(6)16/h3-5,7-8,11,17-18H,2H2,1H3,(H2,12,13,14). The molecule has 0 saturated carbocycles. The van der Waals surface area contributed by atoms with Crippen LogP contribution in [-0.2, 0) is 9.47 Å². The van der Waals surface area contributed by atoms with Gasteiger partial charge in [0.2, 0.25) is 0 Å². The van der Waals surface area contributed by atoms with Crippen LogP contribution in [0.2, 0.25) is 0 Å². The van der Waals surface area contributed by atoms with Gasteiger partial charge in [0.15, 0.2) is 17.8 Å². The lowest BCUT2D eigenvalue weighted by Gasteiger charge is -2.20. The summed E-state index contributed by atoms with van der Waals surface area (Å²) in [6, 6.07) is -0.566. The number of aliphatic hydroxyl groups excluding tert-OH is 2. The Morgan fingerprint density at radius 2 is 2.25 bits per heavy atom. The van der Waals surface area contributed by atoms with Crippen molar-refractivity contribution < 1.29 is 19.7 Å². The van der Waals surface area contributed by atoms with Gasteiger partial charge in [0, 0.05) is 7.11 Å². The molecule has 9 heteroatoms. The van der Waals surface area contributed by atoms with E-state index in [0.717, 1.165) is 0 Å². The second kappa shape index (κ2) is 4.94. The van der Waals surface area contributed by atoms with E-state index in [1.807, 2.05) is 0 Å². The molecule has 9 nitrogen and oxygen atoms in total. The van der Waals surface area contributed by atoms with E-state index in [1.165, 1.54) is 19.8 Å². The Labute approximate surface area is 114 Å². The van der Waals surface area contributed by atoms with E-state index in [0.29, 0.717) is 11.2 Å². The van der Waals surface area contributed by atoms with Gasteiger partial charge in [0.25, 0.3) is 0 Å². The van der Waals surface area contributed by atoms with Crippen molar-refractivity contribution in [1.82, 2.24) is 19.5 Å². The maximum absolute atomic E-state index is 10.3. The lowest BCUT2D eigenvalue weighted by atomic mass is 10.1. The Kier molecular flexibility index (Phi) is 3.26. The second-order valence-electron chi connectivity index (χ2n) is 4.53. The molecule has 20 heavy (non-hydrogen) atoms. The minimum Gasteiger partial charge on any atom is -0.394 e. The van der Waals surface area contributed by atoms with Gasteiger partial charge < -0.3 is 30.0 Å². The van der Waals surface area contributed by atoms with E-state index in [2.05, 4.69) is 15.0 Å². The smallest absolute Gasteiger partial charge is 0.185 e. The number of nitrogens with zero attached hydrogens (tertiary/aromatic N) is 4. The topological polar surface area (TPSA) is 129 Å². The molecule has 0 bridgehead atoms. The summed E-state index contributed by atoms with van der Waals surface area (Å²) in [6.07, 6.45) is 0.427. The predicted molar refractivity (Wildman–Crippen MR) is 67.5 cm³/mol. The van der Waals surface area contributed by atoms with Crippen molar-refractivity contribution in [3.05, 3.63) is 12.7 Å². The van der Waals surface area contributed by atoms with Gasteiger partial charge in [-0.05, 0) is 0 Å². The number of ether oxygens (including phenoxy) is 2. The van der Waals surface area contributed by atoms with Crippen LogP contribution in [0.1, 0.15) is 6.04 Å². The number of methoxy groups -OCH3 is 1. The van der Waals surface area contributed by atoms with Crippen LogP contribution < -0.4 is 5.73 Å². The van der Waals surface area contributed by atoms with E-state index in [-0.39, 0.29) is 12.4 Å². The molecular formula is C11H15N5O4. The lowest BCUT2D eigenvalue weighted by molar-refractivity contribution is -0.153. The van der Waals surface area contributed by atoms with Gasteiger partial charge in [0.1, 0.15) is 24.1 Å². The molecule has 1 fully saturated rings. The van der Waals surface area contributed by atoms with Gasteiger partial charge in [-0.1, -0.05) is 0 Å². The summed E-state index contributed by atoms with van der Waals surface area (Å²) < 4.78 is 12.1. The van der Waals surface area contributed by atoms with Crippen molar-refractivity contribution in [2.24, 2.45) is 0 Å². The summed E-state index contributed by atoms with van der Waals surface area (Å²) in [4.78, 5) is 12.1. The summed E-state index contributed by atoms with van der Waals surface area (Å²) >= 11 is 0. The summed E-state index contributed by atoms with van der Waals surface area (Å²) in [5.74, 6) is 0.256. The third kappa shape index (κ3) is 1.83. The number of rotatable bonds is 3. The highest BCUT2D eigenvalue weighted by atomic mass is 16.7. The maximum Gasteiger partial charge on any atom is 0.185 e. The average Bonchev–Trinajstić information content (AvgIpc) is 3.00. The molecular weight excluding hydrogens is 266 g/mol. The fraction of sp³-hybridized carbons (Fsp3) is 0.545. The average molecular weight is 281 g/mol. The fourth-order valence-corrected chi connectivity index (χ4v) is 2.49. The number of nitrogens with two attached hydrogens (primary N) is 1. The molecule has 0 aromatic carbocycles. The third-order valence-corrected chi connectivity index (χ3v) is 3.44. The molecule has 0 spiro atoms. The summed E-state index contributed by atoms with van der Waals surface area (Å²) in [6.45, 7) is -0.262. The van der Waals surface area contributed by atoms with Crippen LogP contribution in [0.15, 0.2) is 12.7 Å². The molecule has 0 amide bonds. The molecule has 4 atom stereocenters. The van der Waals surface area contributed by atoms with E-state index < -0.39 is 24.5 Å². The molecule has 4 unspecified atom stereocenters. The van der Waals surface area contributed by atoms with Gasteiger partial charge in [-0.25, -0.2) is 15.0 Å². The van der Waals surface area contributed by atoms with Gasteiger partial charge in [-0.2, -0.15) is 0 Å². The monoisotopic (exact) mass is 281 g/mol. The zero-order chi connectivity index (χ0) is 14.3. The zero-order valence-corrected chi connectivity index (χ0v) is 10.7. The number of aromatic nitrogens is 4. The molecule has 3 heterocycles. The molecule has 1 aliphatic heterocycles. The Morgan fingerprint density at radius 1 is 1.45 bits per heavy atom. The molecule has 0 radical (unpaired) electrons. The van der Waals surface area contributed by atoms with Crippen molar-refractivity contribution in [2.75, 3.05) is 19.5 Å². The molecule has 3 rings (SSSR count). The Bertz CT molecular complexity index is 616. The Hall–Kier alpha value is -1.81. The van der Waals surface area contributed by atoms with E-state index in [1.54, 1.807) is 4.57 Å². The fourth-order valence-electron chi connectivity index (χ4n) is 2.49. The first-order valence-corrected chi connectivity index (χ1v) is 6.07. The lowest BCUT2D eigenvalue weighted by Crippen LogP contribution is -2.32. The SMILES string of the molecule is COC1OC(CO)C(n2cnc3c(N)ncnc32)C1O. The van der Waals surface area contributed by atoms with E-state index >= 15 is 0 Å². The van der Waals surface area contributed by atoms with Crippen molar-refractivity contribution in [2.45, 2.75) is 24.5 Å². The number of imidazole rings is 1. The van der Waals surface area contributed by atoms with Gasteiger partial charge in [-0.3, -0.25) is 0 Å². The van der Waals surface area contributed by atoms with Crippen LogP contribution in [0.3, 0.4) is 0 Å². The normalized spacial score (nSPS) is 30.1. The quantitative estimate of drug-likeness (QED) is 0.631. The molecule has 0 aliphatic carbocycles. The Balaban J connectivity index is 2.07. The number of hydrogen-bond donors (Lipinski definition) is 3. The van der Waals surface area contributed by atoms with Crippen LogP contribution in [0.25, 0.3) is 11.2 Å². The predicted octanol–water partition coefficient (Wildman–Crippen LogP) is -1.33. The van der Waals surface area contributed by atoms with Crippen LogP contribution in [0.4, 0.5) is 5.82 Å². The van der Waals surface area contributed by atoms with Crippen LogP contribution in [0.5, 0.6) is 0 Å². The second-order valence-corrected chi connectivity index (χ2v) is 4.53. The Morgan fingerprint density at radius 3 is 2.95 bits per heavy atom. The number of nitrogen functional groups attached to an aromatic ring is 1. The van der Waals surface area contributed by atoms with Crippen molar-refractivity contribution in [3.8, 4) is 0 Å². The van der Waals surface area contributed by atoms with Gasteiger partial charge in [-0.15, -0.1) is 0 Å². The van der Waals surface area contributed by atoms with Crippen molar-refractivity contribution >= 4 is 17.0 Å².